The average molecular weight is 306 g/mol. The van der Waals surface area contributed by atoms with Crippen LogP contribution in [0.25, 0.3) is 10.9 Å². The minimum atomic E-state index is -0.208. The molecule has 2 N–H and O–H groups in total. The Bertz CT molecular complexity index is 930. The summed E-state index contributed by atoms with van der Waals surface area (Å²) in [6.45, 7) is 2.16. The van der Waals surface area contributed by atoms with E-state index in [1.54, 1.807) is 6.07 Å². The molecule has 0 fully saturated rings. The largest absolute Gasteiger partial charge is 0.507 e. The molecule has 1 aromatic heterocycles. The van der Waals surface area contributed by atoms with E-state index in [9.17, 15) is 9.90 Å². The van der Waals surface area contributed by atoms with Crippen molar-refractivity contribution in [1.82, 2.24) is 9.88 Å². The highest BCUT2D eigenvalue weighted by atomic mass is 16.3. The monoisotopic (exact) mass is 306 g/mol. The van der Waals surface area contributed by atoms with Gasteiger partial charge in [-0.1, -0.05) is 36.4 Å². The molecule has 0 atom stereocenters. The third-order valence-corrected chi connectivity index (χ3v) is 4.58. The highest BCUT2D eigenvalue weighted by Crippen LogP contribution is 2.27. The summed E-state index contributed by atoms with van der Waals surface area (Å²) in [7, 11) is 0. The Kier molecular flexibility index (Phi) is 3.39. The number of fused-ring (bicyclic) bond motifs is 2. The molecule has 0 unspecified atom stereocenters. The smallest absolute Gasteiger partial charge is 0.256 e. The van der Waals surface area contributed by atoms with E-state index in [0.717, 1.165) is 19.5 Å². The number of hydrogen-bond acceptors (Lipinski definition) is 3. The quantitative estimate of drug-likeness (QED) is 0.765. The van der Waals surface area contributed by atoms with Gasteiger partial charge in [-0.05, 0) is 29.7 Å². The molecule has 116 valence electrons. The number of rotatable bonds is 2. The fraction of sp³-hybridized carbons (Fsp3) is 0.211. The van der Waals surface area contributed by atoms with Crippen LogP contribution in [0.5, 0.6) is 5.75 Å². The molecule has 4 heteroatoms. The standard InChI is InChI=1S/C19H18N2O2/c22-18-15-7-3-4-8-17(15)20-19(23)16(18)12-21-10-9-13-5-1-2-6-14(13)11-21/h1-8H,9-12H2,(H2,20,22,23). The predicted octanol–water partition coefficient (Wildman–Crippen LogP) is 2.79. The first-order chi connectivity index (χ1) is 11.2. The molecule has 4 nitrogen and oxygen atoms in total. The minimum absolute atomic E-state index is 0.100. The number of hydrogen-bond donors (Lipinski definition) is 2. The summed E-state index contributed by atoms with van der Waals surface area (Å²) in [4.78, 5) is 17.4. The SMILES string of the molecule is O=c1[nH]c2ccccc2c(O)c1CN1CCc2ccccc2C1. The maximum Gasteiger partial charge on any atom is 0.256 e. The van der Waals surface area contributed by atoms with Crippen LogP contribution in [0.4, 0.5) is 0 Å². The molecule has 0 saturated heterocycles. The van der Waals surface area contributed by atoms with Gasteiger partial charge in [-0.15, -0.1) is 0 Å². The first-order valence-electron chi connectivity index (χ1n) is 7.84. The molecule has 0 spiro atoms. The predicted molar refractivity (Wildman–Crippen MR) is 90.5 cm³/mol. The third kappa shape index (κ3) is 2.51. The van der Waals surface area contributed by atoms with Crippen LogP contribution in [0, 0.1) is 0 Å². The molecule has 0 saturated carbocycles. The highest BCUT2D eigenvalue weighted by Gasteiger charge is 2.19. The highest BCUT2D eigenvalue weighted by molar-refractivity contribution is 5.85. The lowest BCUT2D eigenvalue weighted by atomic mass is 9.99. The van der Waals surface area contributed by atoms with Crippen molar-refractivity contribution in [3.63, 3.8) is 0 Å². The van der Waals surface area contributed by atoms with Crippen molar-refractivity contribution in [1.29, 1.82) is 0 Å². The lowest BCUT2D eigenvalue weighted by molar-refractivity contribution is 0.241. The number of aromatic amines is 1. The van der Waals surface area contributed by atoms with Crippen molar-refractivity contribution in [2.24, 2.45) is 0 Å². The van der Waals surface area contributed by atoms with Crippen LogP contribution in [-0.2, 0) is 19.5 Å². The average Bonchev–Trinajstić information content (AvgIpc) is 2.58. The van der Waals surface area contributed by atoms with Gasteiger partial charge in [0.2, 0.25) is 0 Å². The Labute approximate surface area is 134 Å². The van der Waals surface area contributed by atoms with Crippen molar-refractivity contribution >= 4 is 10.9 Å². The Balaban J connectivity index is 1.68. The molecule has 0 aliphatic carbocycles. The summed E-state index contributed by atoms with van der Waals surface area (Å²) < 4.78 is 0. The molecule has 3 aromatic rings. The van der Waals surface area contributed by atoms with Gasteiger partial charge in [0.15, 0.2) is 0 Å². The van der Waals surface area contributed by atoms with Crippen molar-refractivity contribution in [3.05, 3.63) is 75.6 Å². The van der Waals surface area contributed by atoms with Crippen LogP contribution in [0.3, 0.4) is 0 Å². The number of nitrogens with zero attached hydrogens (tertiary/aromatic N) is 1. The second kappa shape index (κ2) is 5.56. The Morgan fingerprint density at radius 3 is 2.65 bits per heavy atom. The van der Waals surface area contributed by atoms with Gasteiger partial charge < -0.3 is 10.1 Å². The van der Waals surface area contributed by atoms with E-state index in [1.165, 1.54) is 11.1 Å². The lowest BCUT2D eigenvalue weighted by Gasteiger charge is -2.28. The molecule has 1 aliphatic heterocycles. The molecular formula is C19H18N2O2. The summed E-state index contributed by atoms with van der Waals surface area (Å²) in [6.07, 6.45) is 0.975. The second-order valence-corrected chi connectivity index (χ2v) is 6.06. The number of benzene rings is 2. The van der Waals surface area contributed by atoms with E-state index in [2.05, 4.69) is 28.1 Å². The van der Waals surface area contributed by atoms with Gasteiger partial charge in [0.1, 0.15) is 5.75 Å². The van der Waals surface area contributed by atoms with Gasteiger partial charge in [0.05, 0.1) is 11.1 Å². The van der Waals surface area contributed by atoms with Crippen LogP contribution in [-0.4, -0.2) is 21.5 Å². The van der Waals surface area contributed by atoms with Gasteiger partial charge in [0, 0.05) is 25.0 Å². The molecule has 0 amide bonds. The number of H-pyrrole nitrogens is 1. The van der Waals surface area contributed by atoms with Crippen molar-refractivity contribution in [3.8, 4) is 5.75 Å². The number of para-hydroxylation sites is 1. The van der Waals surface area contributed by atoms with Crippen LogP contribution < -0.4 is 5.56 Å². The topological polar surface area (TPSA) is 56.3 Å². The van der Waals surface area contributed by atoms with E-state index in [1.807, 2.05) is 24.3 Å². The summed E-state index contributed by atoms with van der Waals surface area (Å²) in [6, 6.07) is 15.7. The minimum Gasteiger partial charge on any atom is -0.507 e. The number of aromatic nitrogens is 1. The van der Waals surface area contributed by atoms with E-state index >= 15 is 0 Å². The van der Waals surface area contributed by atoms with E-state index in [4.69, 9.17) is 0 Å². The zero-order chi connectivity index (χ0) is 15.8. The summed E-state index contributed by atoms with van der Waals surface area (Å²) in [5.74, 6) is 0.100. The number of nitrogens with one attached hydrogen (secondary N) is 1. The van der Waals surface area contributed by atoms with E-state index < -0.39 is 0 Å². The van der Waals surface area contributed by atoms with Crippen molar-refractivity contribution < 1.29 is 5.11 Å². The normalized spacial score (nSPS) is 14.8. The molecule has 2 heterocycles. The second-order valence-electron chi connectivity index (χ2n) is 6.06. The van der Waals surface area contributed by atoms with Crippen LogP contribution in [0.2, 0.25) is 0 Å². The summed E-state index contributed by atoms with van der Waals surface area (Å²) in [5.41, 5.74) is 3.58. The molecular weight excluding hydrogens is 288 g/mol. The van der Waals surface area contributed by atoms with Gasteiger partial charge >= 0.3 is 0 Å². The van der Waals surface area contributed by atoms with Gasteiger partial charge in [-0.3, -0.25) is 9.69 Å². The lowest BCUT2D eigenvalue weighted by Crippen LogP contribution is -2.32. The maximum absolute atomic E-state index is 12.3. The zero-order valence-electron chi connectivity index (χ0n) is 12.7. The fourth-order valence-corrected chi connectivity index (χ4v) is 3.33. The molecule has 23 heavy (non-hydrogen) atoms. The Morgan fingerprint density at radius 1 is 1.04 bits per heavy atom. The zero-order valence-corrected chi connectivity index (χ0v) is 12.7. The Hall–Kier alpha value is -2.59. The molecule has 2 aromatic carbocycles. The molecule has 1 aliphatic rings. The van der Waals surface area contributed by atoms with Gasteiger partial charge in [0.25, 0.3) is 5.56 Å². The van der Waals surface area contributed by atoms with Crippen molar-refractivity contribution in [2.45, 2.75) is 19.5 Å². The number of aromatic hydroxyl groups is 1. The third-order valence-electron chi connectivity index (χ3n) is 4.58. The van der Waals surface area contributed by atoms with E-state index in [-0.39, 0.29) is 11.3 Å². The van der Waals surface area contributed by atoms with Crippen LogP contribution >= 0.6 is 0 Å². The van der Waals surface area contributed by atoms with Gasteiger partial charge in [-0.2, -0.15) is 0 Å². The van der Waals surface area contributed by atoms with Crippen LogP contribution in [0.15, 0.2) is 53.3 Å². The summed E-state index contributed by atoms with van der Waals surface area (Å²) in [5, 5.41) is 11.2. The van der Waals surface area contributed by atoms with E-state index in [0.29, 0.717) is 23.0 Å². The van der Waals surface area contributed by atoms with Gasteiger partial charge in [-0.25, -0.2) is 0 Å². The van der Waals surface area contributed by atoms with Crippen LogP contribution in [0.1, 0.15) is 16.7 Å². The molecule has 0 radical (unpaired) electrons. The first kappa shape index (κ1) is 14.0. The first-order valence-corrected chi connectivity index (χ1v) is 7.84. The van der Waals surface area contributed by atoms with Crippen molar-refractivity contribution in [2.75, 3.05) is 6.54 Å². The molecule has 4 rings (SSSR count). The molecule has 0 bridgehead atoms. The Morgan fingerprint density at radius 2 is 1.78 bits per heavy atom. The maximum atomic E-state index is 12.3. The number of pyridine rings is 1. The summed E-state index contributed by atoms with van der Waals surface area (Å²) >= 11 is 0. The fourth-order valence-electron chi connectivity index (χ4n) is 3.33.